The molecule has 2 N–H and O–H groups in total. The van der Waals surface area contributed by atoms with E-state index >= 15 is 0 Å². The summed E-state index contributed by atoms with van der Waals surface area (Å²) in [7, 11) is 0. The second kappa shape index (κ2) is 9.46. The Morgan fingerprint density at radius 1 is 1.31 bits per heavy atom. The van der Waals surface area contributed by atoms with Gasteiger partial charge in [0.15, 0.2) is 0 Å². The topological polar surface area (TPSA) is 29.3 Å². The minimum atomic E-state index is 0.00648. The highest BCUT2D eigenvalue weighted by Crippen LogP contribution is 2.27. The zero-order valence-electron chi connectivity index (χ0n) is 16.4. The van der Waals surface area contributed by atoms with Gasteiger partial charge in [0, 0.05) is 36.2 Å². The summed E-state index contributed by atoms with van der Waals surface area (Å²) in [5.41, 5.74) is 10.5. The molecule has 2 nitrogen and oxygen atoms in total. The molecule has 0 bridgehead atoms. The van der Waals surface area contributed by atoms with Gasteiger partial charge in [0.1, 0.15) is 0 Å². The first kappa shape index (κ1) is 20.1. The van der Waals surface area contributed by atoms with Crippen LogP contribution in [0.15, 0.2) is 55.3 Å². The molecule has 0 unspecified atom stereocenters. The third-order valence-electron chi connectivity index (χ3n) is 5.18. The average molecular weight is 349 g/mol. The summed E-state index contributed by atoms with van der Waals surface area (Å²) in [4.78, 5) is 2.49. The van der Waals surface area contributed by atoms with E-state index < -0.39 is 0 Å². The molecule has 0 aliphatic carbocycles. The third kappa shape index (κ3) is 5.93. The normalized spacial score (nSPS) is 14.9. The molecule has 1 heterocycles. The molecule has 0 radical (unpaired) electrons. The molecule has 0 atom stereocenters. The van der Waals surface area contributed by atoms with Crippen LogP contribution >= 0.6 is 0 Å². The molecule has 1 aliphatic rings. The lowest BCUT2D eigenvalue weighted by Crippen LogP contribution is -2.33. The van der Waals surface area contributed by atoms with Crippen molar-refractivity contribution in [2.45, 2.75) is 39.5 Å². The molecule has 0 saturated heterocycles. The number of nitrogens with zero attached hydrogens (tertiary/aromatic N) is 1. The van der Waals surface area contributed by atoms with Gasteiger partial charge in [0.2, 0.25) is 0 Å². The highest BCUT2D eigenvalue weighted by molar-refractivity contribution is 5.67. The SMILES string of the molecule is C=CCCC#Cc1ccc(C2=CCN(CCC(C)(C)C(=C)N)CC2)cc1. The lowest BCUT2D eigenvalue weighted by molar-refractivity contribution is 0.253. The molecular weight excluding hydrogens is 316 g/mol. The van der Waals surface area contributed by atoms with Crippen LogP contribution < -0.4 is 5.73 Å². The molecule has 1 aliphatic heterocycles. The van der Waals surface area contributed by atoms with E-state index in [0.717, 1.165) is 56.6 Å². The lowest BCUT2D eigenvalue weighted by atomic mass is 9.86. The van der Waals surface area contributed by atoms with E-state index in [0.29, 0.717) is 0 Å². The van der Waals surface area contributed by atoms with Crippen molar-refractivity contribution in [2.24, 2.45) is 11.1 Å². The molecule has 26 heavy (non-hydrogen) atoms. The first-order valence-electron chi connectivity index (χ1n) is 9.49. The Bertz CT molecular complexity index is 711. The van der Waals surface area contributed by atoms with Crippen LogP contribution in [0.3, 0.4) is 0 Å². The van der Waals surface area contributed by atoms with Gasteiger partial charge in [-0.2, -0.15) is 0 Å². The van der Waals surface area contributed by atoms with Crippen molar-refractivity contribution in [1.29, 1.82) is 0 Å². The second-order valence-electron chi connectivity index (χ2n) is 7.65. The van der Waals surface area contributed by atoms with Crippen molar-refractivity contribution in [3.05, 3.63) is 66.4 Å². The van der Waals surface area contributed by atoms with E-state index in [2.05, 4.69) is 74.1 Å². The van der Waals surface area contributed by atoms with E-state index in [-0.39, 0.29) is 5.41 Å². The van der Waals surface area contributed by atoms with Crippen LogP contribution in [0.25, 0.3) is 5.57 Å². The van der Waals surface area contributed by atoms with Gasteiger partial charge in [-0.15, -0.1) is 6.58 Å². The van der Waals surface area contributed by atoms with Crippen LogP contribution in [0.4, 0.5) is 0 Å². The summed E-state index contributed by atoms with van der Waals surface area (Å²) in [6, 6.07) is 8.64. The quantitative estimate of drug-likeness (QED) is 0.428. The Labute approximate surface area is 159 Å². The number of nitrogens with two attached hydrogens (primary N) is 1. The van der Waals surface area contributed by atoms with Crippen LogP contribution in [0.1, 0.15) is 50.7 Å². The maximum Gasteiger partial charge on any atom is 0.0245 e. The van der Waals surface area contributed by atoms with Gasteiger partial charge in [0.05, 0.1) is 0 Å². The average Bonchev–Trinajstić information content (AvgIpc) is 2.64. The van der Waals surface area contributed by atoms with Gasteiger partial charge in [-0.1, -0.05) is 56.6 Å². The number of benzene rings is 1. The van der Waals surface area contributed by atoms with E-state index in [1.165, 1.54) is 11.1 Å². The number of allylic oxidation sites excluding steroid dienone is 2. The smallest absolute Gasteiger partial charge is 0.0245 e. The summed E-state index contributed by atoms with van der Waals surface area (Å²) < 4.78 is 0. The number of rotatable bonds is 7. The largest absolute Gasteiger partial charge is 0.402 e. The zero-order valence-corrected chi connectivity index (χ0v) is 16.4. The molecule has 1 aromatic carbocycles. The van der Waals surface area contributed by atoms with Gasteiger partial charge < -0.3 is 5.73 Å². The highest BCUT2D eigenvalue weighted by atomic mass is 15.1. The van der Waals surface area contributed by atoms with Gasteiger partial charge in [-0.05, 0) is 49.1 Å². The summed E-state index contributed by atoms with van der Waals surface area (Å²) in [5.74, 6) is 6.40. The maximum absolute atomic E-state index is 5.90. The number of unbranched alkanes of at least 4 members (excludes halogenated alkanes) is 1. The van der Waals surface area contributed by atoms with Crippen molar-refractivity contribution < 1.29 is 0 Å². The molecule has 0 fully saturated rings. The van der Waals surface area contributed by atoms with Gasteiger partial charge in [0.25, 0.3) is 0 Å². The predicted octanol–water partition coefficient (Wildman–Crippen LogP) is 4.98. The predicted molar refractivity (Wildman–Crippen MR) is 114 cm³/mol. The van der Waals surface area contributed by atoms with E-state index in [1.54, 1.807) is 0 Å². The molecule has 0 aromatic heterocycles. The summed E-state index contributed by atoms with van der Waals surface area (Å²) in [6.45, 7) is 15.1. The van der Waals surface area contributed by atoms with E-state index in [1.807, 2.05) is 6.08 Å². The molecule has 2 rings (SSSR count). The van der Waals surface area contributed by atoms with Crippen molar-refractivity contribution in [3.8, 4) is 11.8 Å². The number of hydrogen-bond acceptors (Lipinski definition) is 2. The summed E-state index contributed by atoms with van der Waals surface area (Å²) in [5, 5.41) is 0. The van der Waals surface area contributed by atoms with Crippen LogP contribution in [-0.2, 0) is 0 Å². The minimum Gasteiger partial charge on any atom is -0.402 e. The highest BCUT2D eigenvalue weighted by Gasteiger charge is 2.21. The fraction of sp³-hybridized carbons (Fsp3) is 0.417. The van der Waals surface area contributed by atoms with Crippen LogP contribution in [0, 0.1) is 17.3 Å². The van der Waals surface area contributed by atoms with Crippen molar-refractivity contribution in [1.82, 2.24) is 4.90 Å². The number of hydrogen-bond donors (Lipinski definition) is 1. The van der Waals surface area contributed by atoms with Crippen LogP contribution in [0.2, 0.25) is 0 Å². The van der Waals surface area contributed by atoms with Crippen LogP contribution in [-0.4, -0.2) is 24.5 Å². The van der Waals surface area contributed by atoms with Gasteiger partial charge in [-0.25, -0.2) is 0 Å². The molecule has 1 aromatic rings. The van der Waals surface area contributed by atoms with Crippen LogP contribution in [0.5, 0.6) is 0 Å². The first-order chi connectivity index (χ1) is 12.4. The minimum absolute atomic E-state index is 0.00648. The fourth-order valence-electron chi connectivity index (χ4n) is 2.88. The second-order valence-corrected chi connectivity index (χ2v) is 7.65. The Morgan fingerprint density at radius 3 is 2.62 bits per heavy atom. The third-order valence-corrected chi connectivity index (χ3v) is 5.18. The van der Waals surface area contributed by atoms with Crippen molar-refractivity contribution in [2.75, 3.05) is 19.6 Å². The lowest BCUT2D eigenvalue weighted by Gasteiger charge is -2.31. The molecule has 0 spiro atoms. The molecule has 0 saturated carbocycles. The molecule has 0 amide bonds. The fourth-order valence-corrected chi connectivity index (χ4v) is 2.88. The monoisotopic (exact) mass is 348 g/mol. The molecule has 2 heteroatoms. The Hall–Kier alpha value is -2.24. The standard InChI is InChI=1S/C24H32N2/c1-5-6-7-8-9-21-10-12-22(13-11-21)23-14-17-26(18-15-23)19-16-24(3,4)20(2)25/h5,10-14H,1-2,6-7,15-19,25H2,3-4H3. The van der Waals surface area contributed by atoms with Crippen molar-refractivity contribution in [3.63, 3.8) is 0 Å². The summed E-state index contributed by atoms with van der Waals surface area (Å²) >= 11 is 0. The van der Waals surface area contributed by atoms with E-state index in [4.69, 9.17) is 5.73 Å². The first-order valence-corrected chi connectivity index (χ1v) is 9.49. The summed E-state index contributed by atoms with van der Waals surface area (Å²) in [6.07, 6.45) is 8.23. The molecule has 138 valence electrons. The van der Waals surface area contributed by atoms with Gasteiger partial charge >= 0.3 is 0 Å². The Kier molecular flexibility index (Phi) is 7.30. The van der Waals surface area contributed by atoms with Crippen molar-refractivity contribution >= 4 is 5.57 Å². The van der Waals surface area contributed by atoms with Gasteiger partial charge in [-0.3, -0.25) is 4.90 Å². The van der Waals surface area contributed by atoms with E-state index in [9.17, 15) is 0 Å². The molecular formula is C24H32N2. The maximum atomic E-state index is 5.90. The zero-order chi connectivity index (χ0) is 19.0. The Balaban J connectivity index is 1.89. The Morgan fingerprint density at radius 2 is 2.04 bits per heavy atom.